The average Bonchev–Trinajstić information content (AvgIpc) is 2.79. The number of esters is 1. The van der Waals surface area contributed by atoms with Crippen LogP contribution in [0.25, 0.3) is 0 Å². The zero-order valence-electron chi connectivity index (χ0n) is 12.1. The van der Waals surface area contributed by atoms with Gasteiger partial charge < -0.3 is 15.8 Å². The first kappa shape index (κ1) is 15.1. The summed E-state index contributed by atoms with van der Waals surface area (Å²) in [5.41, 5.74) is 6.08. The van der Waals surface area contributed by atoms with Crippen LogP contribution in [-0.2, 0) is 4.74 Å². The van der Waals surface area contributed by atoms with Crippen LogP contribution in [0.3, 0.4) is 0 Å². The second kappa shape index (κ2) is 6.92. The van der Waals surface area contributed by atoms with Gasteiger partial charge in [-0.25, -0.2) is 4.79 Å². The Hall–Kier alpha value is -1.30. The topological polar surface area (TPSA) is 77.2 Å². The molecule has 1 aromatic rings. The van der Waals surface area contributed by atoms with Crippen molar-refractivity contribution in [2.75, 3.05) is 24.7 Å². The van der Waals surface area contributed by atoms with E-state index >= 15 is 0 Å². The molecule has 1 aliphatic rings. The summed E-state index contributed by atoms with van der Waals surface area (Å²) in [7, 11) is 1.35. The van der Waals surface area contributed by atoms with Crippen molar-refractivity contribution in [3.05, 3.63) is 5.56 Å². The number of carbonyl (C=O) groups is 1. The van der Waals surface area contributed by atoms with Crippen molar-refractivity contribution in [3.8, 4) is 0 Å². The molecule has 0 aliphatic heterocycles. The Morgan fingerprint density at radius 2 is 2.35 bits per heavy atom. The molecule has 0 spiro atoms. The molecule has 2 unspecified atom stereocenters. The lowest BCUT2D eigenvalue weighted by molar-refractivity contribution is 0.0603. The number of methoxy groups -OCH3 is 1. The molecule has 0 radical (unpaired) electrons. The Balaban J connectivity index is 1.86. The first-order chi connectivity index (χ1) is 9.61. The van der Waals surface area contributed by atoms with Gasteiger partial charge in [-0.15, -0.1) is 0 Å². The largest absolute Gasteiger partial charge is 0.465 e. The number of ether oxygens (including phenoxy) is 1. The third-order valence-corrected chi connectivity index (χ3v) is 4.81. The van der Waals surface area contributed by atoms with Crippen molar-refractivity contribution in [1.82, 2.24) is 4.37 Å². The predicted molar refractivity (Wildman–Crippen MR) is 82.1 cm³/mol. The van der Waals surface area contributed by atoms with Crippen LogP contribution in [0.2, 0.25) is 0 Å². The van der Waals surface area contributed by atoms with Crippen LogP contribution >= 0.6 is 11.5 Å². The fraction of sp³-hybridized carbons (Fsp3) is 0.714. The molecule has 20 heavy (non-hydrogen) atoms. The molecular formula is C14H23N3O2S. The van der Waals surface area contributed by atoms with Gasteiger partial charge in [-0.05, 0) is 36.2 Å². The molecule has 2 rings (SSSR count). The van der Waals surface area contributed by atoms with Crippen LogP contribution in [0.5, 0.6) is 0 Å². The Labute approximate surface area is 124 Å². The lowest BCUT2D eigenvalue weighted by Gasteiger charge is -2.26. The Kier molecular flexibility index (Phi) is 5.23. The van der Waals surface area contributed by atoms with Crippen LogP contribution in [0.4, 0.5) is 10.8 Å². The second-order valence-corrected chi connectivity index (χ2v) is 6.39. The van der Waals surface area contributed by atoms with Crippen molar-refractivity contribution >= 4 is 28.3 Å². The van der Waals surface area contributed by atoms with Crippen molar-refractivity contribution in [1.29, 1.82) is 0 Å². The van der Waals surface area contributed by atoms with E-state index in [2.05, 4.69) is 16.6 Å². The van der Waals surface area contributed by atoms with Gasteiger partial charge >= 0.3 is 5.97 Å². The van der Waals surface area contributed by atoms with Gasteiger partial charge in [-0.1, -0.05) is 26.2 Å². The molecule has 0 saturated heterocycles. The fourth-order valence-corrected chi connectivity index (χ4v) is 3.66. The fourth-order valence-electron chi connectivity index (χ4n) is 2.93. The Morgan fingerprint density at radius 1 is 1.55 bits per heavy atom. The molecule has 1 fully saturated rings. The maximum absolute atomic E-state index is 11.6. The Morgan fingerprint density at radius 3 is 3.05 bits per heavy atom. The first-order valence-corrected chi connectivity index (χ1v) is 7.96. The van der Waals surface area contributed by atoms with Gasteiger partial charge in [0.25, 0.3) is 0 Å². The summed E-state index contributed by atoms with van der Waals surface area (Å²) < 4.78 is 8.75. The van der Waals surface area contributed by atoms with Gasteiger partial charge in [0, 0.05) is 6.54 Å². The normalized spacial score (nSPS) is 22.5. The third kappa shape index (κ3) is 3.62. The van der Waals surface area contributed by atoms with Crippen LogP contribution in [0.1, 0.15) is 49.4 Å². The smallest absolute Gasteiger partial charge is 0.344 e. The number of nitrogens with two attached hydrogens (primary N) is 1. The van der Waals surface area contributed by atoms with Crippen LogP contribution in [-0.4, -0.2) is 24.0 Å². The molecule has 1 aromatic heterocycles. The number of carbonyl (C=O) groups excluding carboxylic acids is 1. The van der Waals surface area contributed by atoms with E-state index in [9.17, 15) is 4.79 Å². The zero-order valence-corrected chi connectivity index (χ0v) is 13.0. The lowest BCUT2D eigenvalue weighted by Crippen LogP contribution is -2.17. The van der Waals surface area contributed by atoms with Gasteiger partial charge in [0.15, 0.2) is 5.82 Å². The molecule has 112 valence electrons. The number of anilines is 2. The predicted octanol–water partition coefficient (Wildman–Crippen LogP) is 3.14. The number of aromatic nitrogens is 1. The molecule has 1 saturated carbocycles. The maximum Gasteiger partial charge on any atom is 0.344 e. The van der Waals surface area contributed by atoms with E-state index < -0.39 is 5.97 Å². The minimum absolute atomic E-state index is 0.246. The molecule has 6 heteroatoms. The monoisotopic (exact) mass is 297 g/mol. The number of hydrogen-bond acceptors (Lipinski definition) is 6. The van der Waals surface area contributed by atoms with Crippen molar-refractivity contribution in [2.24, 2.45) is 11.8 Å². The van der Waals surface area contributed by atoms with Gasteiger partial charge in [0.1, 0.15) is 10.6 Å². The molecular weight excluding hydrogens is 274 g/mol. The molecule has 0 aromatic carbocycles. The van der Waals surface area contributed by atoms with Gasteiger partial charge in [0.05, 0.1) is 7.11 Å². The number of nitrogens with zero attached hydrogens (tertiary/aromatic N) is 1. The molecule has 1 aliphatic carbocycles. The highest BCUT2D eigenvalue weighted by Crippen LogP contribution is 2.31. The van der Waals surface area contributed by atoms with E-state index in [4.69, 9.17) is 10.5 Å². The standard InChI is InChI=1S/C14H23N3O2S/c1-9-4-3-5-10(8-9)6-7-16-13-11(14(18)19-2)12(15)17-20-13/h9-10,16H,3-8H2,1-2H3,(H2,15,17). The van der Waals surface area contributed by atoms with Crippen molar-refractivity contribution in [3.63, 3.8) is 0 Å². The van der Waals surface area contributed by atoms with E-state index in [1.165, 1.54) is 44.3 Å². The molecule has 0 amide bonds. The molecule has 5 nitrogen and oxygen atoms in total. The highest BCUT2D eigenvalue weighted by atomic mass is 32.1. The van der Waals surface area contributed by atoms with E-state index in [0.29, 0.717) is 5.56 Å². The van der Waals surface area contributed by atoms with Gasteiger partial charge in [-0.2, -0.15) is 4.37 Å². The molecule has 0 bridgehead atoms. The molecule has 2 atom stereocenters. The highest BCUT2D eigenvalue weighted by Gasteiger charge is 2.21. The van der Waals surface area contributed by atoms with Crippen LogP contribution in [0.15, 0.2) is 0 Å². The van der Waals surface area contributed by atoms with E-state index in [-0.39, 0.29) is 5.82 Å². The Bertz CT molecular complexity index is 461. The number of hydrogen-bond donors (Lipinski definition) is 2. The summed E-state index contributed by atoms with van der Waals surface area (Å²) in [6.45, 7) is 3.18. The van der Waals surface area contributed by atoms with E-state index in [0.717, 1.165) is 29.8 Å². The maximum atomic E-state index is 11.6. The van der Waals surface area contributed by atoms with Gasteiger partial charge in [-0.3, -0.25) is 0 Å². The summed E-state index contributed by atoms with van der Waals surface area (Å²) in [4.78, 5) is 11.6. The molecule has 3 N–H and O–H groups in total. The summed E-state index contributed by atoms with van der Waals surface area (Å²) in [6, 6.07) is 0. The minimum atomic E-state index is -0.426. The quantitative estimate of drug-likeness (QED) is 0.816. The van der Waals surface area contributed by atoms with E-state index in [1.807, 2.05) is 0 Å². The summed E-state index contributed by atoms with van der Waals surface area (Å²) in [5.74, 6) is 1.46. The third-order valence-electron chi connectivity index (χ3n) is 3.99. The number of nitrogen functional groups attached to an aromatic ring is 1. The number of rotatable bonds is 5. The zero-order chi connectivity index (χ0) is 14.5. The second-order valence-electron chi connectivity index (χ2n) is 5.62. The summed E-state index contributed by atoms with van der Waals surface area (Å²) in [6.07, 6.45) is 6.47. The summed E-state index contributed by atoms with van der Waals surface area (Å²) >= 11 is 1.22. The van der Waals surface area contributed by atoms with Crippen molar-refractivity contribution < 1.29 is 9.53 Å². The van der Waals surface area contributed by atoms with Crippen LogP contribution < -0.4 is 11.1 Å². The SMILES string of the molecule is COC(=O)c1c(N)nsc1NCCC1CCCC(C)C1. The first-order valence-electron chi connectivity index (χ1n) is 7.19. The highest BCUT2D eigenvalue weighted by molar-refractivity contribution is 7.11. The average molecular weight is 297 g/mol. The summed E-state index contributed by atoms with van der Waals surface area (Å²) in [5, 5.41) is 4.01. The molecule has 1 heterocycles. The van der Waals surface area contributed by atoms with Crippen LogP contribution in [0, 0.1) is 11.8 Å². The lowest BCUT2D eigenvalue weighted by atomic mass is 9.81. The van der Waals surface area contributed by atoms with Crippen molar-refractivity contribution in [2.45, 2.75) is 39.0 Å². The van der Waals surface area contributed by atoms with Gasteiger partial charge in [0.2, 0.25) is 0 Å². The van der Waals surface area contributed by atoms with E-state index in [1.54, 1.807) is 0 Å². The number of nitrogens with one attached hydrogen (secondary N) is 1. The minimum Gasteiger partial charge on any atom is -0.465 e.